The molecule has 0 unspecified atom stereocenters. The summed E-state index contributed by atoms with van der Waals surface area (Å²) in [7, 11) is 1.44. The first-order valence-corrected chi connectivity index (χ1v) is 6.43. The molecule has 86 valence electrons. The number of methoxy groups -OCH3 is 1. The molecule has 0 aromatic carbocycles. The van der Waals surface area contributed by atoms with Gasteiger partial charge in [0.25, 0.3) is 0 Å². The summed E-state index contributed by atoms with van der Waals surface area (Å²) in [5, 5.41) is 0.801. The molecule has 0 saturated carbocycles. The van der Waals surface area contributed by atoms with E-state index in [0.717, 1.165) is 29.3 Å². The fourth-order valence-corrected chi connectivity index (χ4v) is 2.32. The third kappa shape index (κ3) is 2.19. The SMILES string of the molecule is COC(=O)[C@H]1CCc2nc(SC)ncc2C1. The van der Waals surface area contributed by atoms with Crippen LogP contribution in [0.5, 0.6) is 0 Å². The number of rotatable bonds is 2. The van der Waals surface area contributed by atoms with Crippen LogP contribution in [-0.4, -0.2) is 29.3 Å². The van der Waals surface area contributed by atoms with E-state index in [-0.39, 0.29) is 11.9 Å². The molecule has 1 heterocycles. The number of aromatic nitrogens is 2. The first kappa shape index (κ1) is 11.4. The van der Waals surface area contributed by atoms with E-state index in [1.54, 1.807) is 0 Å². The maximum absolute atomic E-state index is 11.4. The van der Waals surface area contributed by atoms with E-state index < -0.39 is 0 Å². The molecule has 1 aromatic rings. The lowest BCUT2D eigenvalue weighted by molar-refractivity contribution is -0.145. The Bertz CT molecular complexity index is 409. The molecule has 0 radical (unpaired) electrons. The molecule has 0 spiro atoms. The Hall–Kier alpha value is -1.10. The molecule has 5 heteroatoms. The lowest BCUT2D eigenvalue weighted by Crippen LogP contribution is -2.24. The van der Waals surface area contributed by atoms with Gasteiger partial charge in [-0.2, -0.15) is 0 Å². The standard InChI is InChI=1S/C11H14N2O2S/c1-15-10(14)7-3-4-9-8(5-7)6-12-11(13-9)16-2/h6-7H,3-5H2,1-2H3/t7-/m0/s1. The topological polar surface area (TPSA) is 52.1 Å². The van der Waals surface area contributed by atoms with Crippen molar-refractivity contribution in [3.05, 3.63) is 17.5 Å². The third-order valence-electron chi connectivity index (χ3n) is 2.85. The van der Waals surface area contributed by atoms with Gasteiger partial charge in [-0.25, -0.2) is 9.97 Å². The van der Waals surface area contributed by atoms with Crippen molar-refractivity contribution < 1.29 is 9.53 Å². The largest absolute Gasteiger partial charge is 0.469 e. The summed E-state index contributed by atoms with van der Waals surface area (Å²) in [5.41, 5.74) is 2.17. The minimum Gasteiger partial charge on any atom is -0.469 e. The highest BCUT2D eigenvalue weighted by Gasteiger charge is 2.26. The number of fused-ring (bicyclic) bond motifs is 1. The Morgan fingerprint density at radius 2 is 2.44 bits per heavy atom. The minimum atomic E-state index is -0.125. The fourth-order valence-electron chi connectivity index (χ4n) is 1.96. The minimum absolute atomic E-state index is 0.0266. The summed E-state index contributed by atoms with van der Waals surface area (Å²) in [6.45, 7) is 0. The van der Waals surface area contributed by atoms with E-state index in [1.165, 1.54) is 18.9 Å². The van der Waals surface area contributed by atoms with Gasteiger partial charge in [0.2, 0.25) is 0 Å². The Morgan fingerprint density at radius 1 is 1.62 bits per heavy atom. The van der Waals surface area contributed by atoms with E-state index >= 15 is 0 Å². The number of hydrogen-bond donors (Lipinski definition) is 0. The van der Waals surface area contributed by atoms with E-state index in [4.69, 9.17) is 4.74 Å². The van der Waals surface area contributed by atoms with E-state index in [2.05, 4.69) is 9.97 Å². The molecule has 1 atom stereocenters. The highest BCUT2D eigenvalue weighted by atomic mass is 32.2. The monoisotopic (exact) mass is 238 g/mol. The lowest BCUT2D eigenvalue weighted by atomic mass is 9.87. The van der Waals surface area contributed by atoms with Crippen molar-refractivity contribution in [2.24, 2.45) is 5.92 Å². The van der Waals surface area contributed by atoms with E-state index in [1.807, 2.05) is 12.5 Å². The number of hydrogen-bond acceptors (Lipinski definition) is 5. The molecule has 0 fully saturated rings. The van der Waals surface area contributed by atoms with Crippen LogP contribution in [0.15, 0.2) is 11.4 Å². The van der Waals surface area contributed by atoms with Crippen LogP contribution < -0.4 is 0 Å². The van der Waals surface area contributed by atoms with Crippen LogP contribution in [0, 0.1) is 5.92 Å². The molecule has 1 aliphatic rings. The second-order valence-corrected chi connectivity index (χ2v) is 4.56. The Balaban J connectivity index is 2.18. The number of ether oxygens (including phenoxy) is 1. The van der Waals surface area contributed by atoms with Crippen molar-refractivity contribution in [1.82, 2.24) is 9.97 Å². The second kappa shape index (κ2) is 4.82. The van der Waals surface area contributed by atoms with Crippen molar-refractivity contribution in [3.8, 4) is 0 Å². The quantitative estimate of drug-likeness (QED) is 0.444. The molecule has 2 rings (SSSR count). The van der Waals surface area contributed by atoms with Gasteiger partial charge in [0.1, 0.15) is 0 Å². The average Bonchev–Trinajstić information content (AvgIpc) is 2.36. The number of nitrogens with zero attached hydrogens (tertiary/aromatic N) is 2. The molecule has 0 aliphatic heterocycles. The van der Waals surface area contributed by atoms with Crippen molar-refractivity contribution in [3.63, 3.8) is 0 Å². The molecule has 0 amide bonds. The summed E-state index contributed by atoms with van der Waals surface area (Å²) < 4.78 is 4.77. The van der Waals surface area contributed by atoms with Crippen LogP contribution >= 0.6 is 11.8 Å². The number of thioether (sulfide) groups is 1. The Kier molecular flexibility index (Phi) is 3.43. The van der Waals surface area contributed by atoms with Gasteiger partial charge in [0.05, 0.1) is 13.0 Å². The van der Waals surface area contributed by atoms with Crippen molar-refractivity contribution in [2.75, 3.05) is 13.4 Å². The summed E-state index contributed by atoms with van der Waals surface area (Å²) in [4.78, 5) is 20.1. The Labute approximate surface area is 98.8 Å². The van der Waals surface area contributed by atoms with Crippen molar-refractivity contribution in [2.45, 2.75) is 24.4 Å². The van der Waals surface area contributed by atoms with Gasteiger partial charge in [-0.3, -0.25) is 4.79 Å². The molecule has 16 heavy (non-hydrogen) atoms. The van der Waals surface area contributed by atoms with Crippen LogP contribution in [0.3, 0.4) is 0 Å². The van der Waals surface area contributed by atoms with Gasteiger partial charge < -0.3 is 4.74 Å². The summed E-state index contributed by atoms with van der Waals surface area (Å²) >= 11 is 1.54. The predicted molar refractivity (Wildman–Crippen MR) is 61.3 cm³/mol. The van der Waals surface area contributed by atoms with Gasteiger partial charge in [-0.05, 0) is 31.1 Å². The fraction of sp³-hybridized carbons (Fsp3) is 0.545. The summed E-state index contributed by atoms with van der Waals surface area (Å²) in [6, 6.07) is 0. The molecular formula is C11H14N2O2S. The Morgan fingerprint density at radius 3 is 3.12 bits per heavy atom. The summed E-state index contributed by atoms with van der Waals surface area (Å²) in [5.74, 6) is -0.152. The van der Waals surface area contributed by atoms with Crippen LogP contribution in [0.1, 0.15) is 17.7 Å². The van der Waals surface area contributed by atoms with Crippen LogP contribution in [-0.2, 0) is 22.4 Å². The first-order valence-electron chi connectivity index (χ1n) is 5.21. The molecule has 1 aliphatic carbocycles. The van der Waals surface area contributed by atoms with Crippen LogP contribution in [0.25, 0.3) is 0 Å². The van der Waals surface area contributed by atoms with Crippen molar-refractivity contribution in [1.29, 1.82) is 0 Å². The van der Waals surface area contributed by atoms with Gasteiger partial charge >= 0.3 is 5.97 Å². The van der Waals surface area contributed by atoms with Gasteiger partial charge in [-0.1, -0.05) is 11.8 Å². The number of aryl methyl sites for hydroxylation is 1. The zero-order valence-corrected chi connectivity index (χ0v) is 10.2. The average molecular weight is 238 g/mol. The predicted octanol–water partition coefficient (Wildman–Crippen LogP) is 1.48. The number of esters is 1. The van der Waals surface area contributed by atoms with Crippen LogP contribution in [0.2, 0.25) is 0 Å². The lowest BCUT2D eigenvalue weighted by Gasteiger charge is -2.21. The molecule has 0 bridgehead atoms. The highest BCUT2D eigenvalue weighted by Crippen LogP contribution is 2.25. The normalized spacial score (nSPS) is 19.0. The first-order chi connectivity index (χ1) is 7.74. The van der Waals surface area contributed by atoms with Gasteiger partial charge in [0, 0.05) is 11.9 Å². The van der Waals surface area contributed by atoms with E-state index in [0.29, 0.717) is 6.42 Å². The molecular weight excluding hydrogens is 224 g/mol. The smallest absolute Gasteiger partial charge is 0.309 e. The van der Waals surface area contributed by atoms with Crippen molar-refractivity contribution >= 4 is 17.7 Å². The van der Waals surface area contributed by atoms with Gasteiger partial charge in [0.15, 0.2) is 5.16 Å². The molecule has 4 nitrogen and oxygen atoms in total. The van der Waals surface area contributed by atoms with Gasteiger partial charge in [-0.15, -0.1) is 0 Å². The maximum atomic E-state index is 11.4. The molecule has 0 N–H and O–H groups in total. The van der Waals surface area contributed by atoms with Crippen LogP contribution in [0.4, 0.5) is 0 Å². The number of carbonyl (C=O) groups is 1. The zero-order valence-electron chi connectivity index (χ0n) is 9.40. The third-order valence-corrected chi connectivity index (χ3v) is 3.41. The second-order valence-electron chi connectivity index (χ2n) is 3.79. The summed E-state index contributed by atoms with van der Waals surface area (Å²) in [6.07, 6.45) is 6.16. The zero-order chi connectivity index (χ0) is 11.5. The molecule has 0 saturated heterocycles. The molecule has 1 aromatic heterocycles. The highest BCUT2D eigenvalue weighted by molar-refractivity contribution is 7.98. The van der Waals surface area contributed by atoms with E-state index in [9.17, 15) is 4.79 Å². The maximum Gasteiger partial charge on any atom is 0.309 e. The number of carbonyl (C=O) groups excluding carboxylic acids is 1.